The molecule has 1 N–H and O–H groups in total. The molecule has 1 amide bonds. The van der Waals surface area contributed by atoms with E-state index in [2.05, 4.69) is 23.5 Å². The van der Waals surface area contributed by atoms with Gasteiger partial charge in [0.15, 0.2) is 0 Å². The Balaban J connectivity index is 2.10. The van der Waals surface area contributed by atoms with E-state index in [1.165, 1.54) is 12.8 Å². The van der Waals surface area contributed by atoms with Crippen LogP contribution in [0.4, 0.5) is 4.79 Å². The average Bonchev–Trinajstić information content (AvgIpc) is 2.26. The van der Waals surface area contributed by atoms with Crippen LogP contribution < -0.4 is 5.32 Å². The lowest BCUT2D eigenvalue weighted by Crippen LogP contribution is -2.24. The number of carbonyl (C=O) groups excluding carboxylic acids is 1. The lowest BCUT2D eigenvalue weighted by Gasteiger charge is -2.12. The maximum Gasteiger partial charge on any atom is 0.407 e. The molecule has 0 fully saturated rings. The number of allylic oxidation sites excluding steroid dienone is 3. The fraction of sp³-hybridized carbons (Fsp3) is 0.583. The Labute approximate surface area is 91.2 Å². The SMILES string of the molecule is CCOC(=O)NCC=CC1CC=CCC1. The van der Waals surface area contributed by atoms with Gasteiger partial charge >= 0.3 is 6.09 Å². The van der Waals surface area contributed by atoms with Crippen molar-refractivity contribution in [1.82, 2.24) is 5.32 Å². The molecule has 1 unspecified atom stereocenters. The number of nitrogens with one attached hydrogen (secondary N) is 1. The van der Waals surface area contributed by atoms with Gasteiger partial charge in [0.05, 0.1) is 6.61 Å². The van der Waals surface area contributed by atoms with E-state index in [9.17, 15) is 4.79 Å². The van der Waals surface area contributed by atoms with Crippen LogP contribution in [0, 0.1) is 5.92 Å². The monoisotopic (exact) mass is 209 g/mol. The minimum Gasteiger partial charge on any atom is -0.450 e. The largest absolute Gasteiger partial charge is 0.450 e. The highest BCUT2D eigenvalue weighted by molar-refractivity contribution is 5.67. The van der Waals surface area contributed by atoms with E-state index in [4.69, 9.17) is 4.74 Å². The minimum atomic E-state index is -0.342. The third-order valence-corrected chi connectivity index (χ3v) is 2.36. The van der Waals surface area contributed by atoms with Crippen LogP contribution in [0.5, 0.6) is 0 Å². The molecule has 0 aromatic rings. The summed E-state index contributed by atoms with van der Waals surface area (Å²) in [5.41, 5.74) is 0. The van der Waals surface area contributed by atoms with Crippen molar-refractivity contribution in [3.63, 3.8) is 0 Å². The summed E-state index contributed by atoms with van der Waals surface area (Å²) < 4.78 is 4.74. The van der Waals surface area contributed by atoms with E-state index >= 15 is 0 Å². The van der Waals surface area contributed by atoms with Gasteiger partial charge in [0.1, 0.15) is 0 Å². The zero-order valence-electron chi connectivity index (χ0n) is 9.24. The molecule has 0 aromatic carbocycles. The van der Waals surface area contributed by atoms with Gasteiger partial charge in [0, 0.05) is 6.54 Å². The number of amides is 1. The molecule has 3 nitrogen and oxygen atoms in total. The first-order valence-electron chi connectivity index (χ1n) is 5.55. The molecule has 3 heteroatoms. The van der Waals surface area contributed by atoms with E-state index in [0.29, 0.717) is 19.1 Å². The Morgan fingerprint density at radius 2 is 2.47 bits per heavy atom. The third kappa shape index (κ3) is 5.25. The summed E-state index contributed by atoms with van der Waals surface area (Å²) >= 11 is 0. The van der Waals surface area contributed by atoms with Gasteiger partial charge in [0.2, 0.25) is 0 Å². The Morgan fingerprint density at radius 3 is 3.13 bits per heavy atom. The molecule has 1 aliphatic carbocycles. The summed E-state index contributed by atoms with van der Waals surface area (Å²) in [6.45, 7) is 2.77. The maximum atomic E-state index is 10.9. The molecule has 1 atom stereocenters. The third-order valence-electron chi connectivity index (χ3n) is 2.36. The van der Waals surface area contributed by atoms with Crippen LogP contribution in [-0.2, 0) is 4.74 Å². The van der Waals surface area contributed by atoms with Gasteiger partial charge < -0.3 is 10.1 Å². The van der Waals surface area contributed by atoms with E-state index in [1.54, 1.807) is 6.92 Å². The van der Waals surface area contributed by atoms with Crippen LogP contribution >= 0.6 is 0 Å². The summed E-state index contributed by atoms with van der Waals surface area (Å²) in [6, 6.07) is 0. The Bertz CT molecular complexity index is 246. The van der Waals surface area contributed by atoms with Gasteiger partial charge in [0.25, 0.3) is 0 Å². The van der Waals surface area contributed by atoms with Gasteiger partial charge in [-0.3, -0.25) is 0 Å². The average molecular weight is 209 g/mol. The van der Waals surface area contributed by atoms with Crippen molar-refractivity contribution in [1.29, 1.82) is 0 Å². The van der Waals surface area contributed by atoms with Crippen molar-refractivity contribution in [2.24, 2.45) is 5.92 Å². The molecule has 0 saturated heterocycles. The topological polar surface area (TPSA) is 38.3 Å². The molecule has 0 saturated carbocycles. The van der Waals surface area contributed by atoms with Crippen LogP contribution in [0.1, 0.15) is 26.2 Å². The Kier molecular flexibility index (Phi) is 5.59. The van der Waals surface area contributed by atoms with Crippen molar-refractivity contribution in [2.45, 2.75) is 26.2 Å². The predicted octanol–water partition coefficient (Wildman–Crippen LogP) is 2.65. The number of ether oxygens (including phenoxy) is 1. The smallest absolute Gasteiger partial charge is 0.407 e. The summed E-state index contributed by atoms with van der Waals surface area (Å²) in [4.78, 5) is 10.9. The molecule has 84 valence electrons. The van der Waals surface area contributed by atoms with Gasteiger partial charge in [-0.05, 0) is 32.1 Å². The molecule has 0 radical (unpaired) electrons. The molecule has 0 aromatic heterocycles. The van der Waals surface area contributed by atoms with E-state index in [1.807, 2.05) is 6.08 Å². The highest BCUT2D eigenvalue weighted by Crippen LogP contribution is 2.18. The maximum absolute atomic E-state index is 10.9. The highest BCUT2D eigenvalue weighted by atomic mass is 16.5. The zero-order chi connectivity index (χ0) is 10.9. The lowest BCUT2D eigenvalue weighted by molar-refractivity contribution is 0.153. The van der Waals surface area contributed by atoms with Crippen molar-refractivity contribution in [3.8, 4) is 0 Å². The van der Waals surface area contributed by atoms with E-state index in [-0.39, 0.29) is 6.09 Å². The molecule has 0 heterocycles. The number of rotatable bonds is 4. The van der Waals surface area contributed by atoms with Crippen molar-refractivity contribution in [3.05, 3.63) is 24.3 Å². The van der Waals surface area contributed by atoms with Gasteiger partial charge in [-0.2, -0.15) is 0 Å². The number of carbonyl (C=O) groups is 1. The van der Waals surface area contributed by atoms with E-state index in [0.717, 1.165) is 6.42 Å². The molecular formula is C12H19NO2. The van der Waals surface area contributed by atoms with Crippen molar-refractivity contribution in [2.75, 3.05) is 13.2 Å². The first-order chi connectivity index (χ1) is 7.33. The first-order valence-corrected chi connectivity index (χ1v) is 5.55. The summed E-state index contributed by atoms with van der Waals surface area (Å²) in [7, 11) is 0. The Hall–Kier alpha value is -1.25. The van der Waals surface area contributed by atoms with Gasteiger partial charge in [-0.25, -0.2) is 4.79 Å². The van der Waals surface area contributed by atoms with Crippen LogP contribution in [0.2, 0.25) is 0 Å². The normalized spacial score (nSPS) is 20.5. The first kappa shape index (κ1) is 11.8. The quantitative estimate of drug-likeness (QED) is 0.723. The summed E-state index contributed by atoms with van der Waals surface area (Å²) in [5, 5.41) is 2.66. The molecule has 0 aliphatic heterocycles. The van der Waals surface area contributed by atoms with Gasteiger partial charge in [-0.1, -0.05) is 24.3 Å². The fourth-order valence-electron chi connectivity index (χ4n) is 1.58. The second-order valence-electron chi connectivity index (χ2n) is 3.57. The summed E-state index contributed by atoms with van der Waals surface area (Å²) in [6.07, 6.45) is 11.8. The van der Waals surface area contributed by atoms with Crippen LogP contribution in [-0.4, -0.2) is 19.2 Å². The highest BCUT2D eigenvalue weighted by Gasteiger charge is 2.04. The van der Waals surface area contributed by atoms with Crippen molar-refractivity contribution < 1.29 is 9.53 Å². The molecule has 1 rings (SSSR count). The van der Waals surface area contributed by atoms with Crippen LogP contribution in [0.25, 0.3) is 0 Å². The summed E-state index contributed by atoms with van der Waals surface area (Å²) in [5.74, 6) is 0.638. The second-order valence-corrected chi connectivity index (χ2v) is 3.57. The molecular weight excluding hydrogens is 190 g/mol. The molecule has 0 bridgehead atoms. The molecule has 1 aliphatic rings. The predicted molar refractivity (Wildman–Crippen MR) is 60.6 cm³/mol. The Morgan fingerprint density at radius 1 is 1.60 bits per heavy atom. The van der Waals surface area contributed by atoms with Crippen LogP contribution in [0.15, 0.2) is 24.3 Å². The number of hydrogen-bond donors (Lipinski definition) is 1. The van der Waals surface area contributed by atoms with Crippen LogP contribution in [0.3, 0.4) is 0 Å². The molecule has 15 heavy (non-hydrogen) atoms. The van der Waals surface area contributed by atoms with Gasteiger partial charge in [-0.15, -0.1) is 0 Å². The second kappa shape index (κ2) is 7.10. The number of hydrogen-bond acceptors (Lipinski definition) is 2. The minimum absolute atomic E-state index is 0.342. The van der Waals surface area contributed by atoms with E-state index < -0.39 is 0 Å². The zero-order valence-corrected chi connectivity index (χ0v) is 9.24. The number of alkyl carbamates (subject to hydrolysis) is 1. The van der Waals surface area contributed by atoms with Crippen molar-refractivity contribution >= 4 is 6.09 Å². The molecule has 0 spiro atoms. The lowest BCUT2D eigenvalue weighted by atomic mass is 9.94. The standard InChI is InChI=1S/C12H19NO2/c1-2-15-12(14)13-10-6-9-11-7-4-3-5-8-11/h3-4,6,9,11H,2,5,7-8,10H2,1H3,(H,13,14). The fourth-order valence-corrected chi connectivity index (χ4v) is 1.58.